The van der Waals surface area contributed by atoms with Gasteiger partial charge in [0.15, 0.2) is 9.84 Å². The summed E-state index contributed by atoms with van der Waals surface area (Å²) < 4.78 is 24.2. The normalized spacial score (nSPS) is 29.1. The average Bonchev–Trinajstić information content (AvgIpc) is 3.11. The highest BCUT2D eigenvalue weighted by molar-refractivity contribution is 7.92. The van der Waals surface area contributed by atoms with E-state index in [0.29, 0.717) is 5.56 Å². The maximum atomic E-state index is 12.1. The summed E-state index contributed by atoms with van der Waals surface area (Å²) in [5.74, 6) is -2.07. The molecular weight excluding hydrogens is 280 g/mol. The van der Waals surface area contributed by atoms with E-state index in [1.807, 2.05) is 19.1 Å². The average molecular weight is 298 g/mol. The van der Waals surface area contributed by atoms with Crippen molar-refractivity contribution < 1.29 is 23.4 Å². The van der Waals surface area contributed by atoms with Crippen LogP contribution in [0.5, 0.6) is 0 Å². The minimum absolute atomic E-state index is 0.130. The van der Waals surface area contributed by atoms with Gasteiger partial charge in [-0.15, -0.1) is 0 Å². The van der Waals surface area contributed by atoms with Gasteiger partial charge in [-0.25, -0.2) is 8.42 Å². The molecule has 6 heteroatoms. The summed E-state index contributed by atoms with van der Waals surface area (Å²) in [5, 5.41) is 17.8. The second-order valence-electron chi connectivity index (χ2n) is 5.26. The van der Waals surface area contributed by atoms with E-state index in [1.165, 1.54) is 6.92 Å². The van der Waals surface area contributed by atoms with Crippen LogP contribution in [-0.4, -0.2) is 42.2 Å². The van der Waals surface area contributed by atoms with Crippen molar-refractivity contribution in [3.8, 4) is 0 Å². The Bertz CT molecular complexity index is 619. The molecule has 0 heterocycles. The van der Waals surface area contributed by atoms with Crippen molar-refractivity contribution >= 4 is 15.8 Å². The number of aryl methyl sites for hydroxylation is 1. The zero-order valence-corrected chi connectivity index (χ0v) is 12.2. The zero-order chi connectivity index (χ0) is 15.1. The Morgan fingerprint density at radius 3 is 2.25 bits per heavy atom. The lowest BCUT2D eigenvalue weighted by Crippen LogP contribution is -2.28. The third-order valence-corrected chi connectivity index (χ3v) is 6.41. The zero-order valence-electron chi connectivity index (χ0n) is 11.4. The fourth-order valence-electron chi connectivity index (χ4n) is 2.87. The van der Waals surface area contributed by atoms with Gasteiger partial charge in [0.05, 0.1) is 11.9 Å². The Morgan fingerprint density at radius 1 is 1.30 bits per heavy atom. The molecule has 110 valence electrons. The molecule has 0 bridgehead atoms. The smallest absolute Gasteiger partial charge is 0.314 e. The first kappa shape index (κ1) is 15.0. The van der Waals surface area contributed by atoms with Crippen molar-refractivity contribution in [2.75, 3.05) is 12.4 Å². The predicted octanol–water partition coefficient (Wildman–Crippen LogP) is 0.959. The van der Waals surface area contributed by atoms with Crippen molar-refractivity contribution in [1.82, 2.24) is 0 Å². The van der Waals surface area contributed by atoms with Crippen LogP contribution in [0.1, 0.15) is 24.0 Å². The molecule has 20 heavy (non-hydrogen) atoms. The van der Waals surface area contributed by atoms with Gasteiger partial charge in [-0.05, 0) is 12.5 Å². The van der Waals surface area contributed by atoms with Crippen molar-refractivity contribution in [3.05, 3.63) is 35.4 Å². The molecule has 0 saturated heterocycles. The van der Waals surface area contributed by atoms with Gasteiger partial charge in [-0.3, -0.25) is 4.79 Å². The Kier molecular flexibility index (Phi) is 3.64. The molecule has 1 aromatic carbocycles. The monoisotopic (exact) mass is 298 g/mol. The van der Waals surface area contributed by atoms with E-state index in [0.717, 1.165) is 5.56 Å². The number of hydrogen-bond donors (Lipinski definition) is 2. The molecule has 3 atom stereocenters. The molecule has 1 aliphatic carbocycles. The number of sulfone groups is 1. The number of carboxylic acids is 1. The van der Waals surface area contributed by atoms with Crippen LogP contribution in [0.25, 0.3) is 0 Å². The third kappa shape index (κ3) is 2.03. The Hall–Kier alpha value is -1.40. The first-order valence-electron chi connectivity index (χ1n) is 6.43. The lowest BCUT2D eigenvalue weighted by atomic mass is 9.99. The van der Waals surface area contributed by atoms with Gasteiger partial charge in [0.2, 0.25) is 0 Å². The lowest BCUT2D eigenvalue weighted by Gasteiger charge is -2.08. The van der Waals surface area contributed by atoms with E-state index in [9.17, 15) is 23.4 Å². The molecule has 2 N–H and O–H groups in total. The number of rotatable bonds is 5. The number of benzene rings is 1. The lowest BCUT2D eigenvalue weighted by molar-refractivity contribution is -0.145. The van der Waals surface area contributed by atoms with Crippen molar-refractivity contribution in [2.24, 2.45) is 5.41 Å². The second kappa shape index (κ2) is 4.86. The Balaban J connectivity index is 2.50. The molecule has 0 radical (unpaired) electrons. The number of carboxylic acid groups (broad SMARTS) is 1. The summed E-state index contributed by atoms with van der Waals surface area (Å²) in [6.07, 6.45) is 0. The molecular formula is C14H18O5S. The van der Waals surface area contributed by atoms with E-state index in [-0.39, 0.29) is 5.75 Å². The van der Waals surface area contributed by atoms with Crippen molar-refractivity contribution in [3.63, 3.8) is 0 Å². The van der Waals surface area contributed by atoms with Gasteiger partial charge in [0.25, 0.3) is 0 Å². The first-order valence-corrected chi connectivity index (χ1v) is 8.15. The van der Waals surface area contributed by atoms with E-state index >= 15 is 0 Å². The van der Waals surface area contributed by atoms with E-state index < -0.39 is 39.0 Å². The van der Waals surface area contributed by atoms with Crippen LogP contribution >= 0.6 is 0 Å². The number of aliphatic hydroxyl groups is 1. The molecule has 2 rings (SSSR count). The minimum atomic E-state index is -3.54. The van der Waals surface area contributed by atoms with Crippen LogP contribution in [0.15, 0.2) is 24.3 Å². The standard InChI is InChI=1S/C14H18O5S/c1-3-20(18,19)12-11(14(12,8-15)13(16)17)10-6-4-9(2)5-7-10/h4-7,11-12,15H,3,8H2,1-2H3,(H,16,17)/t11-,12+,14-/m1/s1. The summed E-state index contributed by atoms with van der Waals surface area (Å²) >= 11 is 0. The third-order valence-electron chi connectivity index (χ3n) is 4.14. The Morgan fingerprint density at radius 2 is 1.85 bits per heavy atom. The van der Waals surface area contributed by atoms with E-state index in [4.69, 9.17) is 0 Å². The summed E-state index contributed by atoms with van der Waals surface area (Å²) in [5.41, 5.74) is 0.0488. The van der Waals surface area contributed by atoms with Crippen LogP contribution in [0, 0.1) is 12.3 Å². The van der Waals surface area contributed by atoms with Gasteiger partial charge in [0.1, 0.15) is 5.41 Å². The van der Waals surface area contributed by atoms with Gasteiger partial charge >= 0.3 is 5.97 Å². The van der Waals surface area contributed by atoms with E-state index in [1.54, 1.807) is 12.1 Å². The first-order chi connectivity index (χ1) is 9.31. The summed E-state index contributed by atoms with van der Waals surface area (Å²) in [7, 11) is -3.54. The van der Waals surface area contributed by atoms with Gasteiger partial charge in [-0.2, -0.15) is 0 Å². The molecule has 0 amide bonds. The molecule has 1 saturated carbocycles. The highest BCUT2D eigenvalue weighted by atomic mass is 32.2. The summed E-state index contributed by atoms with van der Waals surface area (Å²) in [4.78, 5) is 11.5. The number of aliphatic carboxylic acids is 1. The molecule has 0 aliphatic heterocycles. The molecule has 0 spiro atoms. The highest BCUT2D eigenvalue weighted by Gasteiger charge is 2.75. The van der Waals surface area contributed by atoms with E-state index in [2.05, 4.69) is 0 Å². The molecule has 1 aliphatic rings. The van der Waals surface area contributed by atoms with Crippen LogP contribution in [-0.2, 0) is 14.6 Å². The number of aliphatic hydroxyl groups excluding tert-OH is 1. The van der Waals surface area contributed by atoms with Crippen LogP contribution < -0.4 is 0 Å². The summed E-state index contributed by atoms with van der Waals surface area (Å²) in [6, 6.07) is 7.09. The second-order valence-corrected chi connectivity index (χ2v) is 7.68. The fourth-order valence-corrected chi connectivity index (χ4v) is 4.93. The molecule has 0 aromatic heterocycles. The molecule has 1 fully saturated rings. The highest BCUT2D eigenvalue weighted by Crippen LogP contribution is 2.63. The van der Waals surface area contributed by atoms with Crippen LogP contribution in [0.4, 0.5) is 0 Å². The fraction of sp³-hybridized carbons (Fsp3) is 0.500. The quantitative estimate of drug-likeness (QED) is 0.844. The van der Waals surface area contributed by atoms with Crippen molar-refractivity contribution in [2.45, 2.75) is 25.0 Å². The maximum Gasteiger partial charge on any atom is 0.314 e. The number of hydrogen-bond acceptors (Lipinski definition) is 4. The van der Waals surface area contributed by atoms with Gasteiger partial charge in [-0.1, -0.05) is 36.8 Å². The van der Waals surface area contributed by atoms with Crippen LogP contribution in [0.2, 0.25) is 0 Å². The molecule has 5 nitrogen and oxygen atoms in total. The maximum absolute atomic E-state index is 12.1. The minimum Gasteiger partial charge on any atom is -0.481 e. The van der Waals surface area contributed by atoms with Gasteiger partial charge < -0.3 is 10.2 Å². The van der Waals surface area contributed by atoms with Gasteiger partial charge in [0, 0.05) is 11.7 Å². The predicted molar refractivity (Wildman–Crippen MR) is 74.3 cm³/mol. The summed E-state index contributed by atoms with van der Waals surface area (Å²) in [6.45, 7) is 2.71. The molecule has 0 unspecified atom stereocenters. The SMILES string of the molecule is CCS(=O)(=O)[C@H]1[C@@H](c2ccc(C)cc2)[C@@]1(CO)C(=O)O. The largest absolute Gasteiger partial charge is 0.481 e. The Labute approximate surface area is 118 Å². The molecule has 1 aromatic rings. The topological polar surface area (TPSA) is 91.7 Å². The number of carbonyl (C=O) groups is 1. The van der Waals surface area contributed by atoms with Crippen molar-refractivity contribution in [1.29, 1.82) is 0 Å². The van der Waals surface area contributed by atoms with Crippen LogP contribution in [0.3, 0.4) is 0 Å².